The Labute approximate surface area is 77.6 Å². The van der Waals surface area contributed by atoms with Gasteiger partial charge in [0.2, 0.25) is 5.91 Å². The van der Waals surface area contributed by atoms with Crippen molar-refractivity contribution in [1.29, 1.82) is 0 Å². The molecule has 76 valence electrons. The van der Waals surface area contributed by atoms with Gasteiger partial charge in [-0.1, -0.05) is 6.92 Å². The first-order chi connectivity index (χ1) is 6.24. The summed E-state index contributed by atoms with van der Waals surface area (Å²) in [6.45, 7) is 4.20. The van der Waals surface area contributed by atoms with Gasteiger partial charge in [0.1, 0.15) is 12.1 Å². The number of hydrogen-bond acceptors (Lipinski definition) is 4. The molecule has 0 aromatic heterocycles. The van der Waals surface area contributed by atoms with E-state index in [-0.39, 0.29) is 18.1 Å². The van der Waals surface area contributed by atoms with Gasteiger partial charge < -0.3 is 20.5 Å². The molecule has 0 spiro atoms. The van der Waals surface area contributed by atoms with E-state index in [1.54, 1.807) is 0 Å². The molecule has 1 aliphatic heterocycles. The summed E-state index contributed by atoms with van der Waals surface area (Å²) in [5.74, 6) is -0.373. The van der Waals surface area contributed by atoms with Crippen LogP contribution in [0.15, 0.2) is 0 Å². The van der Waals surface area contributed by atoms with Crippen LogP contribution in [0.25, 0.3) is 0 Å². The molecule has 13 heavy (non-hydrogen) atoms. The molecule has 0 radical (unpaired) electrons. The lowest BCUT2D eigenvalue weighted by Gasteiger charge is -2.27. The number of rotatable bonds is 6. The second kappa shape index (κ2) is 5.16. The van der Waals surface area contributed by atoms with Gasteiger partial charge in [0, 0.05) is 0 Å². The van der Waals surface area contributed by atoms with Gasteiger partial charge in [0.05, 0.1) is 19.8 Å². The molecule has 1 atom stereocenters. The molecule has 1 fully saturated rings. The van der Waals surface area contributed by atoms with Crippen LogP contribution in [0.1, 0.15) is 6.92 Å². The van der Waals surface area contributed by atoms with Crippen LogP contribution in [0.2, 0.25) is 0 Å². The van der Waals surface area contributed by atoms with Crippen LogP contribution >= 0.6 is 0 Å². The smallest absolute Gasteiger partial charge is 0.236 e. The molecule has 5 heteroatoms. The average Bonchev–Trinajstić information content (AvgIpc) is 1.99. The first-order valence-corrected chi connectivity index (χ1v) is 4.46. The summed E-state index contributed by atoms with van der Waals surface area (Å²) in [4.78, 5) is 10.9. The third-order valence-electron chi connectivity index (χ3n) is 1.90. The van der Waals surface area contributed by atoms with Crippen molar-refractivity contribution in [1.82, 2.24) is 5.32 Å². The van der Waals surface area contributed by atoms with E-state index in [9.17, 15) is 4.79 Å². The summed E-state index contributed by atoms with van der Waals surface area (Å²) in [5, 5.41) is 2.95. The number of amides is 1. The van der Waals surface area contributed by atoms with Crippen molar-refractivity contribution in [3.05, 3.63) is 0 Å². The Bertz CT molecular complexity index is 171. The average molecular weight is 188 g/mol. The topological polar surface area (TPSA) is 73.6 Å². The number of carbonyl (C=O) groups is 1. The van der Waals surface area contributed by atoms with E-state index in [0.29, 0.717) is 26.4 Å². The second-order valence-corrected chi connectivity index (χ2v) is 3.01. The molecule has 1 rings (SSSR count). The maximum absolute atomic E-state index is 10.9. The number of likely N-dealkylation sites (N-methyl/N-ethyl adjacent to an activating group) is 1. The van der Waals surface area contributed by atoms with Gasteiger partial charge in [-0.15, -0.1) is 0 Å². The zero-order valence-electron chi connectivity index (χ0n) is 7.79. The van der Waals surface area contributed by atoms with Gasteiger partial charge in [-0.2, -0.15) is 0 Å². The Morgan fingerprint density at radius 3 is 2.85 bits per heavy atom. The van der Waals surface area contributed by atoms with Crippen LogP contribution in [-0.4, -0.2) is 44.4 Å². The van der Waals surface area contributed by atoms with Crippen molar-refractivity contribution in [2.24, 2.45) is 5.73 Å². The Morgan fingerprint density at radius 1 is 1.77 bits per heavy atom. The number of nitrogens with two attached hydrogens (primary N) is 1. The van der Waals surface area contributed by atoms with Gasteiger partial charge in [-0.3, -0.25) is 4.79 Å². The van der Waals surface area contributed by atoms with E-state index >= 15 is 0 Å². The van der Waals surface area contributed by atoms with Gasteiger partial charge >= 0.3 is 0 Å². The fourth-order valence-electron chi connectivity index (χ4n) is 1.03. The lowest BCUT2D eigenvalue weighted by Crippen LogP contribution is -2.47. The molecule has 1 unspecified atom stereocenters. The quantitative estimate of drug-likeness (QED) is 0.553. The zero-order chi connectivity index (χ0) is 9.68. The summed E-state index contributed by atoms with van der Waals surface area (Å²) in [5.41, 5.74) is 5.16. The highest BCUT2D eigenvalue weighted by atomic mass is 16.6. The summed E-state index contributed by atoms with van der Waals surface area (Å²) >= 11 is 0. The molecular formula is C8H16N2O3. The van der Waals surface area contributed by atoms with Crippen molar-refractivity contribution in [2.45, 2.75) is 19.1 Å². The number of primary amides is 1. The Kier molecular flexibility index (Phi) is 4.14. The molecule has 0 aromatic rings. The van der Waals surface area contributed by atoms with Crippen molar-refractivity contribution in [3.63, 3.8) is 0 Å². The van der Waals surface area contributed by atoms with Crippen molar-refractivity contribution in [2.75, 3.05) is 26.4 Å². The third kappa shape index (κ3) is 3.30. The van der Waals surface area contributed by atoms with Gasteiger partial charge in [-0.25, -0.2) is 0 Å². The normalized spacial score (nSPS) is 19.5. The van der Waals surface area contributed by atoms with Crippen LogP contribution in [0, 0.1) is 0 Å². The van der Waals surface area contributed by atoms with Crippen molar-refractivity contribution in [3.8, 4) is 0 Å². The first-order valence-electron chi connectivity index (χ1n) is 4.46. The Hall–Kier alpha value is -0.650. The summed E-state index contributed by atoms with van der Waals surface area (Å²) < 4.78 is 10.3. The fraction of sp³-hybridized carbons (Fsp3) is 0.875. The summed E-state index contributed by atoms with van der Waals surface area (Å²) in [7, 11) is 0. The van der Waals surface area contributed by atoms with Gasteiger partial charge in [-0.05, 0) is 6.54 Å². The molecule has 0 saturated carbocycles. The lowest BCUT2D eigenvalue weighted by atomic mass is 10.3. The van der Waals surface area contributed by atoms with E-state index < -0.39 is 0 Å². The largest absolute Gasteiger partial charge is 0.376 e. The van der Waals surface area contributed by atoms with Crippen LogP contribution in [0.5, 0.6) is 0 Å². The highest BCUT2D eigenvalue weighted by Gasteiger charge is 2.22. The van der Waals surface area contributed by atoms with E-state index in [1.165, 1.54) is 0 Å². The van der Waals surface area contributed by atoms with Crippen LogP contribution in [0.4, 0.5) is 0 Å². The van der Waals surface area contributed by atoms with Crippen molar-refractivity contribution < 1.29 is 14.3 Å². The first kappa shape index (κ1) is 10.4. The maximum atomic E-state index is 10.9. The zero-order valence-corrected chi connectivity index (χ0v) is 7.79. The van der Waals surface area contributed by atoms with Crippen LogP contribution < -0.4 is 11.1 Å². The number of nitrogens with one attached hydrogen (secondary N) is 1. The fourth-order valence-corrected chi connectivity index (χ4v) is 1.03. The van der Waals surface area contributed by atoms with E-state index in [4.69, 9.17) is 15.2 Å². The molecule has 1 heterocycles. The van der Waals surface area contributed by atoms with Crippen LogP contribution in [-0.2, 0) is 14.3 Å². The van der Waals surface area contributed by atoms with Gasteiger partial charge in [0.15, 0.2) is 0 Å². The third-order valence-corrected chi connectivity index (χ3v) is 1.90. The van der Waals surface area contributed by atoms with Gasteiger partial charge in [0.25, 0.3) is 0 Å². The number of carbonyl (C=O) groups excluding carboxylic acids is 1. The van der Waals surface area contributed by atoms with E-state index in [0.717, 1.165) is 0 Å². The predicted molar refractivity (Wildman–Crippen MR) is 47.2 cm³/mol. The number of hydrogen-bond donors (Lipinski definition) is 2. The standard InChI is InChI=1S/C8H16N2O3/c1-2-10-7(8(9)11)5-13-6-3-12-4-6/h6-7,10H,2-5H2,1H3,(H2,9,11). The molecule has 1 amide bonds. The minimum atomic E-state index is -0.384. The molecule has 1 saturated heterocycles. The van der Waals surface area contributed by atoms with E-state index in [1.807, 2.05) is 6.92 Å². The highest BCUT2D eigenvalue weighted by Crippen LogP contribution is 2.05. The molecule has 5 nitrogen and oxygen atoms in total. The monoisotopic (exact) mass is 188 g/mol. The summed E-state index contributed by atoms with van der Waals surface area (Å²) in [6, 6.07) is -0.384. The minimum Gasteiger partial charge on any atom is -0.376 e. The molecule has 3 N–H and O–H groups in total. The molecule has 0 aromatic carbocycles. The molecule has 0 bridgehead atoms. The predicted octanol–water partition coefficient (Wildman–Crippen LogP) is -1.13. The summed E-state index contributed by atoms with van der Waals surface area (Å²) in [6.07, 6.45) is 0.139. The Morgan fingerprint density at radius 2 is 2.46 bits per heavy atom. The second-order valence-electron chi connectivity index (χ2n) is 3.01. The lowest BCUT2D eigenvalue weighted by molar-refractivity contribution is -0.140. The molecular weight excluding hydrogens is 172 g/mol. The highest BCUT2D eigenvalue weighted by molar-refractivity contribution is 5.79. The SMILES string of the molecule is CCNC(COC1COC1)C(N)=O. The van der Waals surface area contributed by atoms with Crippen molar-refractivity contribution >= 4 is 5.91 Å². The molecule has 1 aliphatic rings. The molecule has 0 aliphatic carbocycles. The minimum absolute atomic E-state index is 0.139. The van der Waals surface area contributed by atoms with Crippen LogP contribution in [0.3, 0.4) is 0 Å². The van der Waals surface area contributed by atoms with E-state index in [2.05, 4.69) is 5.32 Å². The maximum Gasteiger partial charge on any atom is 0.236 e. The number of ether oxygens (including phenoxy) is 2. The Balaban J connectivity index is 2.16.